The maximum absolute atomic E-state index is 2.40. The van der Waals surface area contributed by atoms with Crippen LogP contribution in [0.2, 0.25) is 0 Å². The maximum atomic E-state index is 2.40. The van der Waals surface area contributed by atoms with Crippen LogP contribution in [0.4, 0.5) is 0 Å². The summed E-state index contributed by atoms with van der Waals surface area (Å²) >= 11 is 0. The van der Waals surface area contributed by atoms with Gasteiger partial charge in [0.2, 0.25) is 0 Å². The van der Waals surface area contributed by atoms with Gasteiger partial charge in [0.25, 0.3) is 0 Å². The molecule has 0 aromatic heterocycles. The van der Waals surface area contributed by atoms with E-state index >= 15 is 0 Å². The summed E-state index contributed by atoms with van der Waals surface area (Å²) in [5.74, 6) is 0. The molecule has 1 unspecified atom stereocenters. The zero-order valence-electron chi connectivity index (χ0n) is 17.6. The summed E-state index contributed by atoms with van der Waals surface area (Å²) in [6.07, 6.45) is 5.62. The zero-order chi connectivity index (χ0) is 20.6. The lowest BCUT2D eigenvalue weighted by atomic mass is 9.69. The van der Waals surface area contributed by atoms with Crippen LogP contribution < -0.4 is 0 Å². The van der Waals surface area contributed by atoms with E-state index in [2.05, 4.69) is 123 Å². The molecule has 0 amide bonds. The third kappa shape index (κ3) is 3.09. The van der Waals surface area contributed by atoms with Gasteiger partial charge in [-0.15, -0.1) is 0 Å². The van der Waals surface area contributed by atoms with E-state index < -0.39 is 0 Å². The first kappa shape index (κ1) is 18.6. The van der Waals surface area contributed by atoms with E-state index in [0.717, 1.165) is 6.42 Å². The molecule has 0 N–H and O–H groups in total. The van der Waals surface area contributed by atoms with Crippen molar-refractivity contribution < 1.29 is 0 Å². The Bertz CT molecular complexity index is 1210. The molecule has 4 aromatic rings. The van der Waals surface area contributed by atoms with E-state index in [1.165, 1.54) is 44.5 Å². The van der Waals surface area contributed by atoms with Gasteiger partial charge < -0.3 is 0 Å². The number of aryl methyl sites for hydroxylation is 2. The summed E-state index contributed by atoms with van der Waals surface area (Å²) in [5, 5.41) is 0. The van der Waals surface area contributed by atoms with Gasteiger partial charge in [0, 0.05) is 0 Å². The molecule has 5 rings (SSSR count). The smallest absolute Gasteiger partial charge is 0.0643 e. The van der Waals surface area contributed by atoms with Crippen molar-refractivity contribution >= 4 is 6.08 Å². The first-order valence-corrected chi connectivity index (χ1v) is 10.7. The fraction of sp³-hybridized carbons (Fsp3) is 0.133. The van der Waals surface area contributed by atoms with E-state index in [9.17, 15) is 0 Å². The van der Waals surface area contributed by atoms with Crippen LogP contribution in [0.25, 0.3) is 6.08 Å². The SMILES string of the molecule is Cc1cc(C)cc(Cc2ccccc2C2(c3ccccc3)C=Cc3ccccc32)c1. The average molecular weight is 387 g/mol. The average Bonchev–Trinajstić information content (AvgIpc) is 3.15. The number of hydrogen-bond acceptors (Lipinski definition) is 0. The fourth-order valence-corrected chi connectivity index (χ4v) is 5.10. The Morgan fingerprint density at radius 3 is 2.03 bits per heavy atom. The lowest BCUT2D eigenvalue weighted by molar-refractivity contribution is 0.780. The standard InChI is InChI=1S/C30H26/c1-22-18-23(2)20-24(19-22)21-26-11-7-9-15-29(26)30(27-12-4-3-5-13-27)17-16-25-10-6-8-14-28(25)30/h3-20H,21H2,1-2H3. The van der Waals surface area contributed by atoms with E-state index in [4.69, 9.17) is 0 Å². The minimum absolute atomic E-state index is 0.257. The molecule has 0 radical (unpaired) electrons. The zero-order valence-corrected chi connectivity index (χ0v) is 17.6. The van der Waals surface area contributed by atoms with E-state index in [0.29, 0.717) is 0 Å². The van der Waals surface area contributed by atoms with E-state index in [-0.39, 0.29) is 5.41 Å². The molecule has 1 aliphatic carbocycles. The monoisotopic (exact) mass is 386 g/mol. The van der Waals surface area contributed by atoms with Crippen molar-refractivity contribution in [2.75, 3.05) is 0 Å². The van der Waals surface area contributed by atoms with Crippen molar-refractivity contribution in [2.45, 2.75) is 25.7 Å². The second-order valence-corrected chi connectivity index (χ2v) is 8.42. The molecule has 0 heterocycles. The van der Waals surface area contributed by atoms with Crippen molar-refractivity contribution in [3.05, 3.63) is 148 Å². The highest BCUT2D eigenvalue weighted by Gasteiger charge is 2.39. The molecule has 0 spiro atoms. The van der Waals surface area contributed by atoms with Crippen LogP contribution in [0, 0.1) is 13.8 Å². The van der Waals surface area contributed by atoms with Gasteiger partial charge in [-0.2, -0.15) is 0 Å². The predicted octanol–water partition coefficient (Wildman–Crippen LogP) is 7.26. The first-order chi connectivity index (χ1) is 14.7. The highest BCUT2D eigenvalue weighted by molar-refractivity contribution is 5.74. The quantitative estimate of drug-likeness (QED) is 0.346. The summed E-state index contributed by atoms with van der Waals surface area (Å²) < 4.78 is 0. The Labute approximate surface area is 179 Å². The molecule has 0 fully saturated rings. The van der Waals surface area contributed by atoms with Gasteiger partial charge in [-0.3, -0.25) is 0 Å². The molecule has 0 nitrogen and oxygen atoms in total. The first-order valence-electron chi connectivity index (χ1n) is 10.7. The molecular weight excluding hydrogens is 360 g/mol. The molecule has 1 aliphatic rings. The van der Waals surface area contributed by atoms with Crippen molar-refractivity contribution in [1.82, 2.24) is 0 Å². The Balaban J connectivity index is 1.72. The van der Waals surface area contributed by atoms with Gasteiger partial charge >= 0.3 is 0 Å². The number of hydrogen-bond donors (Lipinski definition) is 0. The van der Waals surface area contributed by atoms with Crippen molar-refractivity contribution in [3.63, 3.8) is 0 Å². The fourth-order valence-electron chi connectivity index (χ4n) is 5.10. The predicted molar refractivity (Wildman–Crippen MR) is 127 cm³/mol. The molecule has 0 heteroatoms. The van der Waals surface area contributed by atoms with E-state index in [1.807, 2.05) is 0 Å². The van der Waals surface area contributed by atoms with Gasteiger partial charge in [-0.1, -0.05) is 120 Å². The maximum Gasteiger partial charge on any atom is 0.0643 e. The Morgan fingerprint density at radius 1 is 0.633 bits per heavy atom. The van der Waals surface area contributed by atoms with Crippen molar-refractivity contribution in [2.24, 2.45) is 0 Å². The van der Waals surface area contributed by atoms with Gasteiger partial charge in [-0.05, 0) is 53.6 Å². The minimum Gasteiger partial charge on any atom is -0.0646 e. The lowest BCUT2D eigenvalue weighted by Crippen LogP contribution is -2.27. The molecule has 0 aliphatic heterocycles. The summed E-state index contributed by atoms with van der Waals surface area (Å²) in [7, 11) is 0. The van der Waals surface area contributed by atoms with Crippen molar-refractivity contribution in [1.29, 1.82) is 0 Å². The number of allylic oxidation sites excluding steroid dienone is 1. The largest absolute Gasteiger partial charge is 0.0646 e. The highest BCUT2D eigenvalue weighted by Crippen LogP contribution is 2.47. The van der Waals surface area contributed by atoms with Crippen molar-refractivity contribution in [3.8, 4) is 0 Å². The third-order valence-electron chi connectivity index (χ3n) is 6.25. The number of benzene rings is 4. The molecule has 30 heavy (non-hydrogen) atoms. The normalized spacial score (nSPS) is 17.1. The molecular formula is C30H26. The summed E-state index contributed by atoms with van der Waals surface area (Å²) in [5.41, 5.74) is 10.5. The van der Waals surface area contributed by atoms with Gasteiger partial charge in [0.05, 0.1) is 5.41 Å². The number of rotatable bonds is 4. The van der Waals surface area contributed by atoms with E-state index in [1.54, 1.807) is 0 Å². The van der Waals surface area contributed by atoms with Crippen LogP contribution >= 0.6 is 0 Å². The Hall–Kier alpha value is -3.38. The third-order valence-corrected chi connectivity index (χ3v) is 6.25. The molecule has 0 saturated heterocycles. The number of fused-ring (bicyclic) bond motifs is 1. The highest BCUT2D eigenvalue weighted by atomic mass is 14.4. The Kier molecular flexibility index (Phi) is 4.64. The summed E-state index contributed by atoms with van der Waals surface area (Å²) in [6.45, 7) is 4.37. The second kappa shape index (κ2) is 7.46. The summed E-state index contributed by atoms with van der Waals surface area (Å²) in [4.78, 5) is 0. The van der Waals surface area contributed by atoms with Crippen LogP contribution in [-0.2, 0) is 11.8 Å². The lowest BCUT2D eigenvalue weighted by Gasteiger charge is -2.33. The minimum atomic E-state index is -0.257. The van der Waals surface area contributed by atoms with Crippen LogP contribution in [0.5, 0.6) is 0 Å². The van der Waals surface area contributed by atoms with Crippen LogP contribution in [-0.4, -0.2) is 0 Å². The molecule has 146 valence electrons. The van der Waals surface area contributed by atoms with Crippen LogP contribution in [0.1, 0.15) is 44.5 Å². The molecule has 0 bridgehead atoms. The topological polar surface area (TPSA) is 0 Å². The van der Waals surface area contributed by atoms with Gasteiger partial charge in [0.15, 0.2) is 0 Å². The summed E-state index contributed by atoms with van der Waals surface area (Å²) in [6, 6.07) is 35.6. The molecule has 1 atom stereocenters. The van der Waals surface area contributed by atoms with Gasteiger partial charge in [-0.25, -0.2) is 0 Å². The van der Waals surface area contributed by atoms with Gasteiger partial charge in [0.1, 0.15) is 0 Å². The molecule has 4 aromatic carbocycles. The second-order valence-electron chi connectivity index (χ2n) is 8.42. The Morgan fingerprint density at radius 2 is 1.27 bits per heavy atom. The molecule has 0 saturated carbocycles. The van der Waals surface area contributed by atoms with Crippen LogP contribution in [0.3, 0.4) is 0 Å². The van der Waals surface area contributed by atoms with Crippen LogP contribution in [0.15, 0.2) is 103 Å².